The van der Waals surface area contributed by atoms with Gasteiger partial charge in [-0.25, -0.2) is 0 Å². The van der Waals surface area contributed by atoms with Crippen LogP contribution in [0.3, 0.4) is 0 Å². The molecule has 0 spiro atoms. The largest absolute Gasteiger partial charge is 0.496 e. The summed E-state index contributed by atoms with van der Waals surface area (Å²) in [6.07, 6.45) is 0. The van der Waals surface area contributed by atoms with E-state index in [-0.39, 0.29) is 4.87 Å². The van der Waals surface area contributed by atoms with E-state index in [2.05, 4.69) is 28.5 Å². The van der Waals surface area contributed by atoms with Crippen molar-refractivity contribution >= 4 is 22.1 Å². The molecule has 0 amide bonds. The van der Waals surface area contributed by atoms with Gasteiger partial charge in [-0.1, -0.05) is 41.7 Å². The monoisotopic (exact) mass is 300 g/mol. The van der Waals surface area contributed by atoms with Crippen LogP contribution in [0.25, 0.3) is 10.8 Å². The molecule has 0 saturated heterocycles. The Hall–Kier alpha value is -2.11. The minimum atomic E-state index is -0.0189. The maximum absolute atomic E-state index is 11.1. The van der Waals surface area contributed by atoms with Crippen LogP contribution in [0.15, 0.2) is 46.6 Å². The van der Waals surface area contributed by atoms with Gasteiger partial charge < -0.3 is 15.0 Å². The Morgan fingerprint density at radius 3 is 2.81 bits per heavy atom. The molecule has 2 N–H and O–H groups in total. The van der Waals surface area contributed by atoms with E-state index in [4.69, 9.17) is 4.74 Å². The fourth-order valence-corrected chi connectivity index (χ4v) is 2.99. The quantitative estimate of drug-likeness (QED) is 0.762. The Bertz CT molecular complexity index is 807. The number of methoxy groups -OCH3 is 1. The van der Waals surface area contributed by atoms with Crippen LogP contribution in [0, 0.1) is 0 Å². The molecule has 0 aliphatic carbocycles. The molecule has 0 aliphatic rings. The third-order valence-corrected chi connectivity index (χ3v) is 4.12. The predicted molar refractivity (Wildman–Crippen MR) is 86.0 cm³/mol. The lowest BCUT2D eigenvalue weighted by molar-refractivity contribution is 0.408. The first-order valence-corrected chi connectivity index (χ1v) is 7.58. The molecule has 0 fully saturated rings. The Labute approximate surface area is 126 Å². The van der Waals surface area contributed by atoms with Gasteiger partial charge in [-0.3, -0.25) is 4.79 Å². The Kier molecular flexibility index (Phi) is 4.03. The van der Waals surface area contributed by atoms with Crippen LogP contribution in [-0.2, 0) is 13.1 Å². The van der Waals surface area contributed by atoms with E-state index in [9.17, 15) is 4.79 Å². The molecule has 5 heteroatoms. The summed E-state index contributed by atoms with van der Waals surface area (Å²) < 4.78 is 5.46. The first-order valence-electron chi connectivity index (χ1n) is 6.70. The summed E-state index contributed by atoms with van der Waals surface area (Å²) in [6, 6.07) is 12.3. The van der Waals surface area contributed by atoms with Gasteiger partial charge in [-0.15, -0.1) is 0 Å². The highest BCUT2D eigenvalue weighted by molar-refractivity contribution is 7.07. The number of aromatic nitrogens is 1. The van der Waals surface area contributed by atoms with Crippen molar-refractivity contribution in [1.82, 2.24) is 10.3 Å². The molecule has 21 heavy (non-hydrogen) atoms. The van der Waals surface area contributed by atoms with Crippen molar-refractivity contribution < 1.29 is 4.74 Å². The molecule has 0 saturated carbocycles. The Balaban J connectivity index is 1.83. The van der Waals surface area contributed by atoms with Crippen LogP contribution < -0.4 is 14.9 Å². The lowest BCUT2D eigenvalue weighted by Gasteiger charge is -2.12. The smallest absolute Gasteiger partial charge is 0.304 e. The van der Waals surface area contributed by atoms with Gasteiger partial charge in [0.1, 0.15) is 5.75 Å². The molecule has 4 nitrogen and oxygen atoms in total. The number of thiazole rings is 1. The molecule has 2 aromatic carbocycles. The summed E-state index contributed by atoms with van der Waals surface area (Å²) in [4.78, 5) is 13.9. The number of fused-ring (bicyclic) bond motifs is 1. The molecule has 1 heterocycles. The van der Waals surface area contributed by atoms with Crippen molar-refractivity contribution in [2.45, 2.75) is 13.1 Å². The zero-order valence-corrected chi connectivity index (χ0v) is 12.5. The molecular formula is C16H16N2O2S. The number of rotatable bonds is 5. The summed E-state index contributed by atoms with van der Waals surface area (Å²) in [5.74, 6) is 0.875. The number of benzene rings is 2. The summed E-state index contributed by atoms with van der Waals surface area (Å²) in [7, 11) is 1.68. The van der Waals surface area contributed by atoms with Gasteiger partial charge in [0.2, 0.25) is 0 Å². The van der Waals surface area contributed by atoms with E-state index in [1.165, 1.54) is 22.1 Å². The summed E-state index contributed by atoms with van der Waals surface area (Å²) in [6.45, 7) is 1.31. The van der Waals surface area contributed by atoms with Crippen molar-refractivity contribution in [3.8, 4) is 5.75 Å². The van der Waals surface area contributed by atoms with E-state index in [1.54, 1.807) is 7.11 Å². The maximum Gasteiger partial charge on any atom is 0.304 e. The van der Waals surface area contributed by atoms with Crippen LogP contribution in [0.1, 0.15) is 11.3 Å². The highest BCUT2D eigenvalue weighted by Gasteiger charge is 2.08. The van der Waals surface area contributed by atoms with E-state index >= 15 is 0 Å². The summed E-state index contributed by atoms with van der Waals surface area (Å²) in [5, 5.41) is 7.57. The Morgan fingerprint density at radius 1 is 1.19 bits per heavy atom. The molecule has 0 atom stereocenters. The third-order valence-electron chi connectivity index (χ3n) is 3.41. The number of aromatic amines is 1. The van der Waals surface area contributed by atoms with Crippen LogP contribution in [0.5, 0.6) is 5.75 Å². The predicted octanol–water partition coefficient (Wildman–Crippen LogP) is 2.89. The second-order valence-electron chi connectivity index (χ2n) is 4.74. The topological polar surface area (TPSA) is 54.1 Å². The van der Waals surface area contributed by atoms with E-state index in [1.807, 2.05) is 23.6 Å². The van der Waals surface area contributed by atoms with Gasteiger partial charge in [-0.05, 0) is 16.8 Å². The van der Waals surface area contributed by atoms with Crippen molar-refractivity contribution in [2.75, 3.05) is 7.11 Å². The minimum Gasteiger partial charge on any atom is -0.496 e. The first kappa shape index (κ1) is 13.9. The van der Waals surface area contributed by atoms with Gasteiger partial charge in [0.05, 0.1) is 7.11 Å². The van der Waals surface area contributed by atoms with Gasteiger partial charge in [0.25, 0.3) is 0 Å². The third kappa shape index (κ3) is 2.99. The number of H-pyrrole nitrogens is 1. The molecular weight excluding hydrogens is 284 g/mol. The second kappa shape index (κ2) is 6.11. The molecule has 3 aromatic rings. The normalized spacial score (nSPS) is 10.9. The lowest BCUT2D eigenvalue weighted by atomic mass is 10.0. The molecule has 0 radical (unpaired) electrons. The number of nitrogens with one attached hydrogen (secondary N) is 2. The van der Waals surface area contributed by atoms with Gasteiger partial charge in [0, 0.05) is 29.7 Å². The molecule has 108 valence electrons. The lowest BCUT2D eigenvalue weighted by Crippen LogP contribution is -2.14. The molecule has 0 aliphatic heterocycles. The first-order chi connectivity index (χ1) is 10.3. The number of hydrogen-bond donors (Lipinski definition) is 2. The van der Waals surface area contributed by atoms with E-state index < -0.39 is 0 Å². The van der Waals surface area contributed by atoms with Crippen molar-refractivity contribution in [3.05, 3.63) is 62.7 Å². The molecule has 0 bridgehead atoms. The van der Waals surface area contributed by atoms with Crippen LogP contribution >= 0.6 is 11.3 Å². The highest BCUT2D eigenvalue weighted by Crippen LogP contribution is 2.27. The van der Waals surface area contributed by atoms with Crippen molar-refractivity contribution in [3.63, 3.8) is 0 Å². The fourth-order valence-electron chi connectivity index (χ4n) is 2.41. The zero-order valence-electron chi connectivity index (χ0n) is 11.7. The van der Waals surface area contributed by atoms with E-state index in [0.29, 0.717) is 13.1 Å². The summed E-state index contributed by atoms with van der Waals surface area (Å²) in [5.41, 5.74) is 2.04. The van der Waals surface area contributed by atoms with Crippen molar-refractivity contribution in [2.24, 2.45) is 0 Å². The number of hydrogen-bond acceptors (Lipinski definition) is 4. The van der Waals surface area contributed by atoms with Crippen LogP contribution in [0.2, 0.25) is 0 Å². The van der Waals surface area contributed by atoms with E-state index in [0.717, 1.165) is 17.0 Å². The van der Waals surface area contributed by atoms with Crippen LogP contribution in [0.4, 0.5) is 0 Å². The average molecular weight is 300 g/mol. The fraction of sp³-hybridized carbons (Fsp3) is 0.188. The van der Waals surface area contributed by atoms with Gasteiger partial charge in [0.15, 0.2) is 0 Å². The molecule has 0 unspecified atom stereocenters. The second-order valence-corrected chi connectivity index (χ2v) is 5.59. The van der Waals surface area contributed by atoms with Crippen molar-refractivity contribution in [1.29, 1.82) is 0 Å². The minimum absolute atomic E-state index is 0.0189. The van der Waals surface area contributed by atoms with Crippen LogP contribution in [-0.4, -0.2) is 12.1 Å². The summed E-state index contributed by atoms with van der Waals surface area (Å²) >= 11 is 1.19. The maximum atomic E-state index is 11.1. The number of ether oxygens (including phenoxy) is 1. The van der Waals surface area contributed by atoms with Gasteiger partial charge in [-0.2, -0.15) is 0 Å². The Morgan fingerprint density at radius 2 is 2.05 bits per heavy atom. The SMILES string of the molecule is COc1ccc2ccccc2c1CNCc1csc(=O)[nH]1. The molecule has 3 rings (SSSR count). The standard InChI is InChI=1S/C16H16N2O2S/c1-20-15-7-6-11-4-2-3-5-13(11)14(15)9-17-8-12-10-21-16(19)18-12/h2-7,10,17H,8-9H2,1H3,(H,18,19). The average Bonchev–Trinajstić information content (AvgIpc) is 2.93. The molecule has 1 aromatic heterocycles. The highest BCUT2D eigenvalue weighted by atomic mass is 32.1. The zero-order chi connectivity index (χ0) is 14.7. The van der Waals surface area contributed by atoms with Gasteiger partial charge >= 0.3 is 4.87 Å².